The van der Waals surface area contributed by atoms with E-state index in [1.54, 1.807) is 37.4 Å². The van der Waals surface area contributed by atoms with Crippen molar-refractivity contribution in [3.63, 3.8) is 0 Å². The molecule has 1 amide bonds. The largest absolute Gasteiger partial charge is 0.497 e. The molecule has 0 aliphatic heterocycles. The molecule has 2 aromatic carbocycles. The Balaban J connectivity index is 1.86. The number of ether oxygens (including phenoxy) is 1. The van der Waals surface area contributed by atoms with Crippen molar-refractivity contribution in [3.05, 3.63) is 59.9 Å². The van der Waals surface area contributed by atoms with Gasteiger partial charge >= 0.3 is 0 Å². The van der Waals surface area contributed by atoms with Crippen LogP contribution in [-0.4, -0.2) is 18.3 Å². The highest BCUT2D eigenvalue weighted by atomic mass is 32.2. The van der Waals surface area contributed by atoms with Gasteiger partial charge in [0.15, 0.2) is 0 Å². The molecule has 0 spiro atoms. The lowest BCUT2D eigenvalue weighted by Gasteiger charge is -2.12. The minimum Gasteiger partial charge on any atom is -0.497 e. The third kappa shape index (κ3) is 4.77. The highest BCUT2D eigenvalue weighted by molar-refractivity contribution is 7.99. The van der Waals surface area contributed by atoms with Gasteiger partial charge in [0.2, 0.25) is 5.91 Å². The third-order valence-corrected chi connectivity index (χ3v) is 4.33. The van der Waals surface area contributed by atoms with Crippen LogP contribution in [0, 0.1) is 5.82 Å². The Kier molecular flexibility index (Phi) is 5.83. The summed E-state index contributed by atoms with van der Waals surface area (Å²) in [6, 6.07) is 13.6. The molecule has 0 aromatic heterocycles. The minimum atomic E-state index is -0.256. The van der Waals surface area contributed by atoms with Crippen molar-refractivity contribution in [2.45, 2.75) is 17.9 Å². The van der Waals surface area contributed by atoms with Crippen molar-refractivity contribution in [3.8, 4) is 5.75 Å². The van der Waals surface area contributed by atoms with E-state index in [4.69, 9.17) is 4.74 Å². The molecule has 22 heavy (non-hydrogen) atoms. The molecule has 0 fully saturated rings. The van der Waals surface area contributed by atoms with E-state index in [2.05, 4.69) is 5.32 Å². The maximum absolute atomic E-state index is 13.1. The van der Waals surface area contributed by atoms with E-state index in [9.17, 15) is 9.18 Å². The molecule has 5 heteroatoms. The van der Waals surface area contributed by atoms with Gasteiger partial charge < -0.3 is 10.1 Å². The Morgan fingerprint density at radius 2 is 2.00 bits per heavy atom. The van der Waals surface area contributed by atoms with Crippen LogP contribution < -0.4 is 10.1 Å². The molecule has 116 valence electrons. The molecule has 0 saturated carbocycles. The van der Waals surface area contributed by atoms with Gasteiger partial charge in [-0.25, -0.2) is 4.39 Å². The molecular formula is C17H18FNO2S. The predicted octanol–water partition coefficient (Wildman–Crippen LogP) is 4.09. The molecule has 3 nitrogen and oxygen atoms in total. The summed E-state index contributed by atoms with van der Waals surface area (Å²) in [6.45, 7) is 1.84. The van der Waals surface area contributed by atoms with Gasteiger partial charge in [0.25, 0.3) is 0 Å². The van der Waals surface area contributed by atoms with Gasteiger partial charge in [-0.2, -0.15) is 0 Å². The fourth-order valence-corrected chi connectivity index (χ4v) is 2.67. The monoisotopic (exact) mass is 319 g/mol. The summed E-state index contributed by atoms with van der Waals surface area (Å²) in [5.41, 5.74) is 1.60. The first-order valence-electron chi connectivity index (χ1n) is 6.89. The van der Waals surface area contributed by atoms with E-state index < -0.39 is 0 Å². The molecule has 1 N–H and O–H groups in total. The van der Waals surface area contributed by atoms with Crippen molar-refractivity contribution in [1.82, 2.24) is 0 Å². The van der Waals surface area contributed by atoms with Crippen LogP contribution in [0.15, 0.2) is 48.5 Å². The smallest absolute Gasteiger partial charge is 0.237 e. The quantitative estimate of drug-likeness (QED) is 0.871. The molecule has 0 bridgehead atoms. The van der Waals surface area contributed by atoms with Gasteiger partial charge in [0, 0.05) is 11.4 Å². The fraction of sp³-hybridized carbons (Fsp3) is 0.235. The number of amides is 1. The summed E-state index contributed by atoms with van der Waals surface area (Å²) in [7, 11) is 1.60. The zero-order valence-corrected chi connectivity index (χ0v) is 13.3. The standard InChI is InChI=1S/C17H18FNO2S/c1-12(22-11-13-4-3-5-14(18)10-13)17(20)19-15-6-8-16(21-2)9-7-15/h3-10,12H,11H2,1-2H3,(H,19,20). The molecule has 1 atom stereocenters. The molecular weight excluding hydrogens is 301 g/mol. The summed E-state index contributed by atoms with van der Waals surface area (Å²) < 4.78 is 18.2. The Bertz CT molecular complexity index is 631. The van der Waals surface area contributed by atoms with Crippen LogP contribution >= 0.6 is 11.8 Å². The number of benzene rings is 2. The maximum Gasteiger partial charge on any atom is 0.237 e. The van der Waals surface area contributed by atoms with Gasteiger partial charge in [-0.3, -0.25) is 4.79 Å². The molecule has 0 saturated heterocycles. The van der Waals surface area contributed by atoms with Gasteiger partial charge in [0.1, 0.15) is 11.6 Å². The number of nitrogens with one attached hydrogen (secondary N) is 1. The first-order chi connectivity index (χ1) is 10.6. The van der Waals surface area contributed by atoms with Crippen molar-refractivity contribution < 1.29 is 13.9 Å². The average molecular weight is 319 g/mol. The number of hydrogen-bond acceptors (Lipinski definition) is 3. The van der Waals surface area contributed by atoms with Crippen LogP contribution in [0.1, 0.15) is 12.5 Å². The second-order valence-electron chi connectivity index (χ2n) is 4.80. The Labute approximate surface area is 133 Å². The number of methoxy groups -OCH3 is 1. The number of thioether (sulfide) groups is 1. The van der Waals surface area contributed by atoms with E-state index in [0.717, 1.165) is 17.0 Å². The lowest BCUT2D eigenvalue weighted by atomic mass is 10.2. The zero-order chi connectivity index (χ0) is 15.9. The number of carbonyl (C=O) groups is 1. The first-order valence-corrected chi connectivity index (χ1v) is 7.94. The molecule has 0 aliphatic rings. The first kappa shape index (κ1) is 16.4. The summed E-state index contributed by atoms with van der Waals surface area (Å²) in [5.74, 6) is 1.00. The summed E-state index contributed by atoms with van der Waals surface area (Å²) >= 11 is 1.47. The van der Waals surface area contributed by atoms with Gasteiger partial charge in [0.05, 0.1) is 12.4 Å². The summed E-state index contributed by atoms with van der Waals surface area (Å²) in [4.78, 5) is 12.1. The average Bonchev–Trinajstić information content (AvgIpc) is 2.53. The van der Waals surface area contributed by atoms with Crippen molar-refractivity contribution >= 4 is 23.4 Å². The zero-order valence-electron chi connectivity index (χ0n) is 12.5. The van der Waals surface area contributed by atoms with Gasteiger partial charge in [-0.05, 0) is 48.9 Å². The third-order valence-electron chi connectivity index (χ3n) is 3.12. The fourth-order valence-electron chi connectivity index (χ4n) is 1.84. The van der Waals surface area contributed by atoms with Crippen LogP contribution in [-0.2, 0) is 10.5 Å². The predicted molar refractivity (Wildman–Crippen MR) is 88.8 cm³/mol. The van der Waals surface area contributed by atoms with Crippen molar-refractivity contribution in [2.24, 2.45) is 0 Å². The van der Waals surface area contributed by atoms with Crippen molar-refractivity contribution in [1.29, 1.82) is 0 Å². The Morgan fingerprint density at radius 1 is 1.27 bits per heavy atom. The van der Waals surface area contributed by atoms with Crippen LogP contribution in [0.3, 0.4) is 0 Å². The molecule has 1 unspecified atom stereocenters. The SMILES string of the molecule is COc1ccc(NC(=O)C(C)SCc2cccc(F)c2)cc1. The normalized spacial score (nSPS) is 11.8. The minimum absolute atomic E-state index is 0.0773. The molecule has 0 aliphatic carbocycles. The van der Waals surface area contributed by atoms with E-state index in [1.807, 2.05) is 13.0 Å². The van der Waals surface area contributed by atoms with E-state index in [0.29, 0.717) is 5.75 Å². The number of halogens is 1. The number of carbonyl (C=O) groups excluding carboxylic acids is 1. The number of anilines is 1. The molecule has 0 radical (unpaired) electrons. The summed E-state index contributed by atoms with van der Waals surface area (Å²) in [6.07, 6.45) is 0. The maximum atomic E-state index is 13.1. The van der Waals surface area contributed by atoms with Crippen LogP contribution in [0.4, 0.5) is 10.1 Å². The number of hydrogen-bond donors (Lipinski definition) is 1. The highest BCUT2D eigenvalue weighted by Gasteiger charge is 2.13. The second kappa shape index (κ2) is 7.84. The number of rotatable bonds is 6. The van der Waals surface area contributed by atoms with E-state index in [-0.39, 0.29) is 17.0 Å². The Hall–Kier alpha value is -2.01. The van der Waals surface area contributed by atoms with Crippen molar-refractivity contribution in [2.75, 3.05) is 12.4 Å². The van der Waals surface area contributed by atoms with E-state index in [1.165, 1.54) is 23.9 Å². The molecule has 2 aromatic rings. The molecule has 0 heterocycles. The van der Waals surface area contributed by atoms with Crippen LogP contribution in [0.2, 0.25) is 0 Å². The molecule has 2 rings (SSSR count). The summed E-state index contributed by atoms with van der Waals surface area (Å²) in [5, 5.41) is 2.62. The highest BCUT2D eigenvalue weighted by Crippen LogP contribution is 2.21. The van der Waals surface area contributed by atoms with Gasteiger partial charge in [-0.1, -0.05) is 12.1 Å². The van der Waals surface area contributed by atoms with Gasteiger partial charge in [-0.15, -0.1) is 11.8 Å². The lowest BCUT2D eigenvalue weighted by Crippen LogP contribution is -2.22. The Morgan fingerprint density at radius 3 is 2.64 bits per heavy atom. The van der Waals surface area contributed by atoms with Crippen LogP contribution in [0.25, 0.3) is 0 Å². The lowest BCUT2D eigenvalue weighted by molar-refractivity contribution is -0.115. The topological polar surface area (TPSA) is 38.3 Å². The second-order valence-corrected chi connectivity index (χ2v) is 6.13. The van der Waals surface area contributed by atoms with Crippen LogP contribution in [0.5, 0.6) is 5.75 Å². The van der Waals surface area contributed by atoms with E-state index >= 15 is 0 Å².